The quantitative estimate of drug-likeness (QED) is 0.720. The van der Waals surface area contributed by atoms with E-state index < -0.39 is 0 Å². The van der Waals surface area contributed by atoms with Crippen LogP contribution < -0.4 is 5.32 Å². The first-order chi connectivity index (χ1) is 12.1. The van der Waals surface area contributed by atoms with E-state index in [1.807, 2.05) is 6.20 Å². The van der Waals surface area contributed by atoms with Crippen LogP contribution in [0.2, 0.25) is 0 Å². The van der Waals surface area contributed by atoms with Crippen molar-refractivity contribution < 1.29 is 9.18 Å². The Labute approximate surface area is 155 Å². The standard InChI is InChI=1S/C19H23BrFN3O/c20-17-13-24(12-15-6-9-16(21)10-7-15)23-19(17)22-18(25)11-8-14-4-2-1-3-5-14/h6-7,9-10,13-14H,1-5,8,11-12H2,(H,22,23,25). The van der Waals surface area contributed by atoms with Crippen molar-refractivity contribution in [1.82, 2.24) is 9.78 Å². The summed E-state index contributed by atoms with van der Waals surface area (Å²) in [7, 11) is 0. The molecule has 1 aromatic carbocycles. The average Bonchev–Trinajstić information content (AvgIpc) is 2.95. The number of nitrogens with one attached hydrogen (secondary N) is 1. The molecule has 6 heteroatoms. The number of aromatic nitrogens is 2. The van der Waals surface area contributed by atoms with Crippen molar-refractivity contribution in [2.45, 2.75) is 51.5 Å². The van der Waals surface area contributed by atoms with Gasteiger partial charge in [-0.15, -0.1) is 0 Å². The van der Waals surface area contributed by atoms with Crippen molar-refractivity contribution >= 4 is 27.7 Å². The molecule has 1 aromatic heterocycles. The maximum absolute atomic E-state index is 13.0. The average molecular weight is 408 g/mol. The van der Waals surface area contributed by atoms with Gasteiger partial charge in [-0.25, -0.2) is 4.39 Å². The Morgan fingerprint density at radius 3 is 2.68 bits per heavy atom. The van der Waals surface area contributed by atoms with E-state index in [4.69, 9.17) is 0 Å². The molecule has 1 amide bonds. The van der Waals surface area contributed by atoms with Gasteiger partial charge in [0, 0.05) is 12.6 Å². The van der Waals surface area contributed by atoms with E-state index in [-0.39, 0.29) is 11.7 Å². The van der Waals surface area contributed by atoms with E-state index in [9.17, 15) is 9.18 Å². The molecule has 2 aromatic rings. The third-order valence-electron chi connectivity index (χ3n) is 4.74. The second-order valence-electron chi connectivity index (χ2n) is 6.74. The minimum Gasteiger partial charge on any atom is -0.308 e. The SMILES string of the molecule is O=C(CCC1CCCCC1)Nc1nn(Cc2ccc(F)cc2)cc1Br. The predicted octanol–water partition coefficient (Wildman–Crippen LogP) is 5.13. The van der Waals surface area contributed by atoms with Gasteiger partial charge in [0.15, 0.2) is 5.82 Å². The van der Waals surface area contributed by atoms with Gasteiger partial charge in [0.1, 0.15) is 5.82 Å². The summed E-state index contributed by atoms with van der Waals surface area (Å²) in [5.41, 5.74) is 0.951. The van der Waals surface area contributed by atoms with Gasteiger partial charge in [0.2, 0.25) is 5.91 Å². The first kappa shape index (κ1) is 18.1. The number of benzene rings is 1. The molecule has 25 heavy (non-hydrogen) atoms. The first-order valence-electron chi connectivity index (χ1n) is 8.87. The Bertz CT molecular complexity index is 708. The van der Waals surface area contributed by atoms with Crippen molar-refractivity contribution in [2.75, 3.05) is 5.32 Å². The van der Waals surface area contributed by atoms with E-state index in [0.717, 1.165) is 16.5 Å². The normalized spacial score (nSPS) is 15.3. The second kappa shape index (κ2) is 8.61. The van der Waals surface area contributed by atoms with Gasteiger partial charge in [0.05, 0.1) is 11.0 Å². The van der Waals surface area contributed by atoms with Crippen LogP contribution in [-0.2, 0) is 11.3 Å². The molecule has 1 aliphatic carbocycles. The van der Waals surface area contributed by atoms with Gasteiger partial charge in [0.25, 0.3) is 0 Å². The summed E-state index contributed by atoms with van der Waals surface area (Å²) in [5.74, 6) is 0.990. The Kier molecular flexibility index (Phi) is 6.24. The minimum atomic E-state index is -0.253. The lowest BCUT2D eigenvalue weighted by molar-refractivity contribution is -0.116. The van der Waals surface area contributed by atoms with E-state index >= 15 is 0 Å². The summed E-state index contributed by atoms with van der Waals surface area (Å²) in [6, 6.07) is 6.32. The van der Waals surface area contributed by atoms with Crippen molar-refractivity contribution in [3.05, 3.63) is 46.3 Å². The van der Waals surface area contributed by atoms with Crippen molar-refractivity contribution in [2.24, 2.45) is 5.92 Å². The Hall–Kier alpha value is -1.69. The Balaban J connectivity index is 1.52. The van der Waals surface area contributed by atoms with Gasteiger partial charge in [-0.2, -0.15) is 5.10 Å². The van der Waals surface area contributed by atoms with E-state index in [1.165, 1.54) is 44.2 Å². The highest BCUT2D eigenvalue weighted by Gasteiger charge is 2.16. The number of hydrogen-bond acceptors (Lipinski definition) is 2. The van der Waals surface area contributed by atoms with Crippen molar-refractivity contribution in [3.63, 3.8) is 0 Å². The van der Waals surface area contributed by atoms with Crippen LogP contribution in [0.25, 0.3) is 0 Å². The number of anilines is 1. The fraction of sp³-hybridized carbons (Fsp3) is 0.474. The molecule has 0 spiro atoms. The first-order valence-corrected chi connectivity index (χ1v) is 9.67. The summed E-state index contributed by atoms with van der Waals surface area (Å²) in [6.45, 7) is 0.525. The maximum atomic E-state index is 13.0. The van der Waals surface area contributed by atoms with Crippen molar-refractivity contribution in [1.29, 1.82) is 0 Å². The molecule has 1 N–H and O–H groups in total. The molecule has 134 valence electrons. The van der Waals surface area contributed by atoms with Crippen LogP contribution in [0, 0.1) is 11.7 Å². The highest BCUT2D eigenvalue weighted by atomic mass is 79.9. The third kappa shape index (κ3) is 5.39. The zero-order valence-electron chi connectivity index (χ0n) is 14.2. The van der Waals surface area contributed by atoms with Crippen LogP contribution in [0.3, 0.4) is 0 Å². The number of amides is 1. The molecular weight excluding hydrogens is 385 g/mol. The highest BCUT2D eigenvalue weighted by molar-refractivity contribution is 9.10. The summed E-state index contributed by atoms with van der Waals surface area (Å²) in [6.07, 6.45) is 9.76. The monoisotopic (exact) mass is 407 g/mol. The molecule has 0 unspecified atom stereocenters. The smallest absolute Gasteiger partial charge is 0.225 e. The molecule has 3 rings (SSSR count). The summed E-state index contributed by atoms with van der Waals surface area (Å²) < 4.78 is 15.4. The molecule has 1 heterocycles. The molecule has 1 saturated carbocycles. The van der Waals surface area contributed by atoms with Gasteiger partial charge < -0.3 is 5.32 Å². The lowest BCUT2D eigenvalue weighted by atomic mass is 9.86. The number of carbonyl (C=O) groups is 1. The van der Waals surface area contributed by atoms with Crippen molar-refractivity contribution in [3.8, 4) is 0 Å². The molecule has 0 atom stereocenters. The molecule has 1 aliphatic rings. The fourth-order valence-corrected chi connectivity index (χ4v) is 3.76. The molecule has 0 bridgehead atoms. The van der Waals surface area contributed by atoms with Gasteiger partial charge in [-0.1, -0.05) is 44.2 Å². The highest BCUT2D eigenvalue weighted by Crippen LogP contribution is 2.27. The number of hydrogen-bond donors (Lipinski definition) is 1. The van der Waals surface area contributed by atoms with E-state index in [0.29, 0.717) is 24.7 Å². The summed E-state index contributed by atoms with van der Waals surface area (Å²) in [5, 5.41) is 7.29. The lowest BCUT2D eigenvalue weighted by Gasteiger charge is -2.20. The van der Waals surface area contributed by atoms with Gasteiger partial charge in [-0.3, -0.25) is 9.48 Å². The van der Waals surface area contributed by atoms with Crippen LogP contribution in [0.4, 0.5) is 10.2 Å². The van der Waals surface area contributed by atoms with Gasteiger partial charge in [-0.05, 0) is 46.0 Å². The number of nitrogens with zero attached hydrogens (tertiary/aromatic N) is 2. The molecule has 4 nitrogen and oxygen atoms in total. The van der Waals surface area contributed by atoms with E-state index in [1.54, 1.807) is 16.8 Å². The van der Waals surface area contributed by atoms with Crippen LogP contribution in [0.15, 0.2) is 34.9 Å². The van der Waals surface area contributed by atoms with E-state index in [2.05, 4.69) is 26.3 Å². The zero-order chi connectivity index (χ0) is 17.6. The Morgan fingerprint density at radius 1 is 1.24 bits per heavy atom. The summed E-state index contributed by atoms with van der Waals surface area (Å²) in [4.78, 5) is 12.2. The molecule has 1 fully saturated rings. The number of halogens is 2. The van der Waals surface area contributed by atoms with Crippen LogP contribution in [0.1, 0.15) is 50.5 Å². The fourth-order valence-electron chi connectivity index (χ4n) is 3.35. The van der Waals surface area contributed by atoms with Crippen LogP contribution in [0.5, 0.6) is 0 Å². The Morgan fingerprint density at radius 2 is 1.96 bits per heavy atom. The topological polar surface area (TPSA) is 46.9 Å². The third-order valence-corrected chi connectivity index (χ3v) is 5.32. The molecule has 0 saturated heterocycles. The second-order valence-corrected chi connectivity index (χ2v) is 7.59. The van der Waals surface area contributed by atoms with Gasteiger partial charge >= 0.3 is 0 Å². The largest absolute Gasteiger partial charge is 0.308 e. The number of rotatable bonds is 6. The molecule has 0 aliphatic heterocycles. The summed E-state index contributed by atoms with van der Waals surface area (Å²) >= 11 is 3.44. The number of carbonyl (C=O) groups excluding carboxylic acids is 1. The lowest BCUT2D eigenvalue weighted by Crippen LogP contribution is -2.15. The molecule has 0 radical (unpaired) electrons. The maximum Gasteiger partial charge on any atom is 0.225 e. The molecular formula is C19H23BrFN3O. The van der Waals surface area contributed by atoms with Crippen LogP contribution >= 0.6 is 15.9 Å². The zero-order valence-corrected chi connectivity index (χ0v) is 15.8. The minimum absolute atomic E-state index is 0.0123. The van der Waals surface area contributed by atoms with Crippen LogP contribution in [-0.4, -0.2) is 15.7 Å². The predicted molar refractivity (Wildman–Crippen MR) is 99.9 cm³/mol.